The average Bonchev–Trinajstić information content (AvgIpc) is 3.39. The van der Waals surface area contributed by atoms with E-state index in [1.54, 1.807) is 4.52 Å². The Morgan fingerprint density at radius 2 is 2.23 bits per heavy atom. The molecule has 1 aliphatic rings. The fraction of sp³-hybridized carbons (Fsp3) is 0.632. The molecule has 1 saturated heterocycles. The second kappa shape index (κ2) is 11.0. The van der Waals surface area contributed by atoms with E-state index in [-0.39, 0.29) is 25.4 Å². The van der Waals surface area contributed by atoms with E-state index in [1.165, 1.54) is 6.33 Å². The SMILES string of the molecule is CCC(CC)COC(=O)CNP(O)OCC1CCC(c2ccc3c(N)ncnn23)O1. The predicted molar refractivity (Wildman–Crippen MR) is 112 cm³/mol. The summed E-state index contributed by atoms with van der Waals surface area (Å²) in [5.74, 6) is 0.393. The normalized spacial score (nSPS) is 20.1. The van der Waals surface area contributed by atoms with E-state index in [0.29, 0.717) is 18.3 Å². The van der Waals surface area contributed by atoms with Crippen LogP contribution < -0.4 is 10.8 Å². The Balaban J connectivity index is 1.38. The second-order valence-corrected chi connectivity index (χ2v) is 8.41. The van der Waals surface area contributed by atoms with Crippen LogP contribution in [-0.4, -0.2) is 51.3 Å². The Morgan fingerprint density at radius 3 is 3.00 bits per heavy atom. The molecular weight excluding hydrogens is 409 g/mol. The highest BCUT2D eigenvalue weighted by molar-refractivity contribution is 7.43. The molecule has 3 atom stereocenters. The summed E-state index contributed by atoms with van der Waals surface area (Å²) in [6.07, 6.45) is 4.67. The molecule has 10 nitrogen and oxygen atoms in total. The van der Waals surface area contributed by atoms with Gasteiger partial charge in [0.15, 0.2) is 5.82 Å². The smallest absolute Gasteiger partial charge is 0.320 e. The number of nitrogens with zero attached hydrogens (tertiary/aromatic N) is 3. The van der Waals surface area contributed by atoms with Gasteiger partial charge in [-0.15, -0.1) is 0 Å². The van der Waals surface area contributed by atoms with Gasteiger partial charge in [-0.25, -0.2) is 14.6 Å². The van der Waals surface area contributed by atoms with Gasteiger partial charge in [-0.05, 0) is 30.9 Å². The number of hydrogen-bond acceptors (Lipinski definition) is 9. The van der Waals surface area contributed by atoms with E-state index < -0.39 is 14.5 Å². The lowest BCUT2D eigenvalue weighted by Crippen LogP contribution is -2.24. The van der Waals surface area contributed by atoms with Gasteiger partial charge in [0, 0.05) is 0 Å². The van der Waals surface area contributed by atoms with E-state index in [2.05, 4.69) is 29.0 Å². The molecule has 166 valence electrons. The van der Waals surface area contributed by atoms with Crippen LogP contribution in [0.5, 0.6) is 0 Å². The van der Waals surface area contributed by atoms with E-state index in [9.17, 15) is 9.69 Å². The lowest BCUT2D eigenvalue weighted by molar-refractivity contribution is -0.143. The number of nitrogens with two attached hydrogens (primary N) is 1. The fourth-order valence-corrected chi connectivity index (χ4v) is 4.04. The van der Waals surface area contributed by atoms with Gasteiger partial charge in [0.05, 0.1) is 25.0 Å². The molecule has 4 N–H and O–H groups in total. The number of nitrogens with one attached hydrogen (secondary N) is 1. The Bertz CT molecular complexity index is 831. The Labute approximate surface area is 177 Å². The Morgan fingerprint density at radius 1 is 1.43 bits per heavy atom. The summed E-state index contributed by atoms with van der Waals surface area (Å²) in [4.78, 5) is 25.7. The Hall–Kier alpha value is -1.84. The van der Waals surface area contributed by atoms with Gasteiger partial charge < -0.3 is 24.6 Å². The maximum Gasteiger partial charge on any atom is 0.320 e. The summed E-state index contributed by atoms with van der Waals surface area (Å²) < 4.78 is 18.4. The van der Waals surface area contributed by atoms with Crippen LogP contribution in [0.3, 0.4) is 0 Å². The number of nitrogen functional groups attached to an aromatic ring is 1. The lowest BCUT2D eigenvalue weighted by Gasteiger charge is -2.17. The number of carbonyl (C=O) groups is 1. The largest absolute Gasteiger partial charge is 0.464 e. The number of ether oxygens (including phenoxy) is 2. The number of carbonyl (C=O) groups excluding carboxylic acids is 1. The highest BCUT2D eigenvalue weighted by Crippen LogP contribution is 2.35. The molecule has 0 amide bonds. The summed E-state index contributed by atoms with van der Waals surface area (Å²) in [5.41, 5.74) is 7.53. The fourth-order valence-electron chi connectivity index (χ4n) is 3.38. The number of aromatic nitrogens is 3. The standard InChI is InChI=1S/C19H30N5O5P/c1-3-13(4-2)10-27-18(25)9-23-30(26)28-11-14-5-8-17(29-14)15-6-7-16-19(20)21-12-22-24(15)16/h6-7,12-14,17,23,26H,3-5,8-11H2,1-2H3,(H2,20,21,22). The molecule has 2 aromatic rings. The van der Waals surface area contributed by atoms with Crippen molar-refractivity contribution in [1.82, 2.24) is 19.7 Å². The van der Waals surface area contributed by atoms with Crippen molar-refractivity contribution < 1.29 is 23.7 Å². The molecule has 2 aromatic heterocycles. The van der Waals surface area contributed by atoms with Crippen LogP contribution in [0.15, 0.2) is 18.5 Å². The van der Waals surface area contributed by atoms with Crippen LogP contribution >= 0.6 is 8.53 Å². The molecule has 0 saturated carbocycles. The molecule has 0 spiro atoms. The lowest BCUT2D eigenvalue weighted by atomic mass is 10.1. The predicted octanol–water partition coefficient (Wildman–Crippen LogP) is 2.34. The van der Waals surface area contributed by atoms with Crippen molar-refractivity contribution in [3.8, 4) is 0 Å². The number of hydrogen-bond donors (Lipinski definition) is 3. The molecule has 0 aromatic carbocycles. The molecule has 1 fully saturated rings. The van der Waals surface area contributed by atoms with Crippen LogP contribution in [0.4, 0.5) is 5.82 Å². The third kappa shape index (κ3) is 5.86. The first-order valence-electron chi connectivity index (χ1n) is 10.3. The van der Waals surface area contributed by atoms with Crippen LogP contribution in [0.1, 0.15) is 51.3 Å². The van der Waals surface area contributed by atoms with Gasteiger partial charge in [-0.3, -0.25) is 4.79 Å². The van der Waals surface area contributed by atoms with Gasteiger partial charge in [0.1, 0.15) is 24.5 Å². The number of rotatable bonds is 11. The van der Waals surface area contributed by atoms with Crippen LogP contribution in [0, 0.1) is 5.92 Å². The third-order valence-electron chi connectivity index (χ3n) is 5.32. The maximum atomic E-state index is 11.8. The summed E-state index contributed by atoms with van der Waals surface area (Å²) in [7, 11) is -1.93. The highest BCUT2D eigenvalue weighted by atomic mass is 31.2. The topological polar surface area (TPSA) is 133 Å². The van der Waals surface area contributed by atoms with Crippen molar-refractivity contribution >= 4 is 25.8 Å². The molecule has 11 heteroatoms. The molecular formula is C19H30N5O5P. The van der Waals surface area contributed by atoms with E-state index in [1.807, 2.05) is 12.1 Å². The molecule has 0 bridgehead atoms. The van der Waals surface area contributed by atoms with Gasteiger partial charge in [0.25, 0.3) is 8.53 Å². The molecule has 3 unspecified atom stereocenters. The van der Waals surface area contributed by atoms with Crippen LogP contribution in [0.25, 0.3) is 5.52 Å². The monoisotopic (exact) mass is 439 g/mol. The molecule has 3 rings (SSSR count). The van der Waals surface area contributed by atoms with E-state index >= 15 is 0 Å². The van der Waals surface area contributed by atoms with Crippen LogP contribution in [0.2, 0.25) is 0 Å². The first kappa shape index (κ1) is 22.8. The van der Waals surface area contributed by atoms with E-state index in [4.69, 9.17) is 19.7 Å². The van der Waals surface area contributed by atoms with Crippen LogP contribution in [-0.2, 0) is 18.8 Å². The highest BCUT2D eigenvalue weighted by Gasteiger charge is 2.29. The molecule has 3 heterocycles. The summed E-state index contributed by atoms with van der Waals surface area (Å²) in [6, 6.07) is 3.80. The van der Waals surface area contributed by atoms with Gasteiger partial charge in [-0.2, -0.15) is 5.10 Å². The molecule has 0 aliphatic carbocycles. The average molecular weight is 439 g/mol. The quantitative estimate of drug-likeness (QED) is 0.356. The Kier molecular flexibility index (Phi) is 8.35. The summed E-state index contributed by atoms with van der Waals surface area (Å²) in [6.45, 7) is 4.68. The van der Waals surface area contributed by atoms with Gasteiger partial charge in [-0.1, -0.05) is 26.7 Å². The van der Waals surface area contributed by atoms with Crippen molar-refractivity contribution in [2.24, 2.45) is 5.92 Å². The number of fused-ring (bicyclic) bond motifs is 1. The van der Waals surface area contributed by atoms with Crippen molar-refractivity contribution in [2.45, 2.75) is 51.7 Å². The zero-order chi connectivity index (χ0) is 21.5. The third-order valence-corrected chi connectivity index (χ3v) is 6.15. The van der Waals surface area contributed by atoms with Crippen molar-refractivity contribution in [2.75, 3.05) is 25.5 Å². The number of anilines is 1. The molecule has 0 radical (unpaired) electrons. The minimum Gasteiger partial charge on any atom is -0.464 e. The summed E-state index contributed by atoms with van der Waals surface area (Å²) >= 11 is 0. The zero-order valence-electron chi connectivity index (χ0n) is 17.4. The minimum atomic E-state index is -1.93. The first-order chi connectivity index (χ1) is 14.5. The van der Waals surface area contributed by atoms with Crippen molar-refractivity contribution in [3.05, 3.63) is 24.2 Å². The minimum absolute atomic E-state index is 0.0895. The van der Waals surface area contributed by atoms with E-state index in [0.717, 1.165) is 36.9 Å². The zero-order valence-corrected chi connectivity index (χ0v) is 18.3. The second-order valence-electron chi connectivity index (χ2n) is 7.29. The molecule has 30 heavy (non-hydrogen) atoms. The summed E-state index contributed by atoms with van der Waals surface area (Å²) in [5, 5.41) is 6.92. The number of esters is 1. The molecule has 1 aliphatic heterocycles. The van der Waals surface area contributed by atoms with Gasteiger partial charge in [0.2, 0.25) is 0 Å². The first-order valence-corrected chi connectivity index (χ1v) is 11.5. The van der Waals surface area contributed by atoms with Gasteiger partial charge >= 0.3 is 5.97 Å². The maximum absolute atomic E-state index is 11.8. The van der Waals surface area contributed by atoms with Crippen molar-refractivity contribution in [1.29, 1.82) is 0 Å². The van der Waals surface area contributed by atoms with Crippen molar-refractivity contribution in [3.63, 3.8) is 0 Å².